The van der Waals surface area contributed by atoms with Crippen LogP contribution in [0.5, 0.6) is 0 Å². The number of rotatable bonds is 8. The van der Waals surface area contributed by atoms with Crippen molar-refractivity contribution >= 4 is 5.97 Å². The van der Waals surface area contributed by atoms with Crippen molar-refractivity contribution < 1.29 is 14.6 Å². The van der Waals surface area contributed by atoms with Gasteiger partial charge < -0.3 is 9.84 Å². The summed E-state index contributed by atoms with van der Waals surface area (Å²) in [5.41, 5.74) is 3.78. The van der Waals surface area contributed by atoms with Gasteiger partial charge in [-0.25, -0.2) is 0 Å². The molecule has 0 aromatic rings. The number of hydrogen-bond donors (Lipinski definition) is 1. The lowest BCUT2D eigenvalue weighted by atomic mass is 9.33. The minimum absolute atomic E-state index is 0.00731. The van der Waals surface area contributed by atoms with Crippen LogP contribution in [0.4, 0.5) is 0 Å². The Kier molecular flexibility index (Phi) is 8.44. The molecule has 0 heterocycles. The second kappa shape index (κ2) is 11.0. The Hall–Kier alpha value is -0.830. The van der Waals surface area contributed by atoms with Gasteiger partial charge in [0.25, 0.3) is 0 Å². The minimum atomic E-state index is 0.00731. The number of esters is 1. The Morgan fingerprint density at radius 1 is 0.829 bits per heavy atom. The summed E-state index contributed by atoms with van der Waals surface area (Å²) in [6.45, 7) is 20.8. The zero-order valence-electron chi connectivity index (χ0n) is 28.2. The Balaban J connectivity index is 1.32. The molecule has 0 radical (unpaired) electrons. The number of unbranched alkanes of at least 4 members (excludes halogenated alkanes) is 4. The molecule has 0 unspecified atom stereocenters. The van der Waals surface area contributed by atoms with Gasteiger partial charge in [-0.3, -0.25) is 4.79 Å². The van der Waals surface area contributed by atoms with Crippen molar-refractivity contribution in [1.82, 2.24) is 0 Å². The van der Waals surface area contributed by atoms with Crippen LogP contribution in [0.1, 0.15) is 158 Å². The van der Waals surface area contributed by atoms with E-state index in [1.54, 1.807) is 0 Å². The molecule has 5 aliphatic rings. The summed E-state index contributed by atoms with van der Waals surface area (Å²) in [5.74, 6) is 2.07. The Bertz CT molecular complexity index is 1010. The van der Waals surface area contributed by atoms with Gasteiger partial charge in [0.1, 0.15) is 6.10 Å². The summed E-state index contributed by atoms with van der Waals surface area (Å²) in [6.07, 6.45) is 21.3. The van der Waals surface area contributed by atoms with E-state index in [4.69, 9.17) is 9.84 Å². The van der Waals surface area contributed by atoms with Gasteiger partial charge in [-0.15, -0.1) is 0 Å². The lowest BCUT2D eigenvalue weighted by molar-refractivity contribution is -0.212. The van der Waals surface area contributed by atoms with Crippen molar-refractivity contribution in [2.45, 2.75) is 164 Å². The fraction of sp³-hybridized carbons (Fsp3) is 0.921. The fourth-order valence-corrected chi connectivity index (χ4v) is 11.8. The van der Waals surface area contributed by atoms with Crippen LogP contribution in [0, 0.1) is 50.2 Å². The van der Waals surface area contributed by atoms with Crippen molar-refractivity contribution in [3.05, 3.63) is 11.6 Å². The van der Waals surface area contributed by atoms with E-state index >= 15 is 0 Å². The molecule has 8 atom stereocenters. The predicted molar refractivity (Wildman–Crippen MR) is 169 cm³/mol. The normalized spacial score (nSPS) is 44.5. The molecule has 3 nitrogen and oxygen atoms in total. The van der Waals surface area contributed by atoms with Crippen LogP contribution in [-0.2, 0) is 9.53 Å². The van der Waals surface area contributed by atoms with E-state index in [0.29, 0.717) is 45.3 Å². The average molecular weight is 569 g/mol. The van der Waals surface area contributed by atoms with E-state index < -0.39 is 0 Å². The van der Waals surface area contributed by atoms with Crippen LogP contribution in [0.25, 0.3) is 0 Å². The smallest absolute Gasteiger partial charge is 0.306 e. The third kappa shape index (κ3) is 5.18. The van der Waals surface area contributed by atoms with Crippen molar-refractivity contribution in [2.24, 2.45) is 50.2 Å². The van der Waals surface area contributed by atoms with Crippen LogP contribution in [-0.4, -0.2) is 23.8 Å². The third-order valence-electron chi connectivity index (χ3n) is 14.8. The van der Waals surface area contributed by atoms with Gasteiger partial charge in [-0.2, -0.15) is 0 Å². The Morgan fingerprint density at radius 3 is 2.24 bits per heavy atom. The van der Waals surface area contributed by atoms with E-state index in [-0.39, 0.29) is 24.1 Å². The highest BCUT2D eigenvalue weighted by Crippen LogP contribution is 2.75. The van der Waals surface area contributed by atoms with Crippen LogP contribution < -0.4 is 0 Å². The molecule has 0 amide bonds. The highest BCUT2D eigenvalue weighted by Gasteiger charge is 2.68. The van der Waals surface area contributed by atoms with Gasteiger partial charge in [-0.1, -0.05) is 86.3 Å². The van der Waals surface area contributed by atoms with E-state index in [0.717, 1.165) is 44.4 Å². The standard InChI is InChI=1S/C38H64O3/c1-33(2)21-22-35(5)23-24-37(7)27(28(35)26-33)15-16-30-36(6)19-18-31(34(3,4)29(36)17-20-38(30,37)8)41-32(40)14-12-10-9-11-13-25-39/h15,28-31,39H,9-14,16-26H2,1-8H3/t28-,29-,30+,31-,35+,36-,37+,38+/m0/s1. The summed E-state index contributed by atoms with van der Waals surface area (Å²) in [5, 5.41) is 8.98. The molecule has 0 aromatic heterocycles. The monoisotopic (exact) mass is 568 g/mol. The third-order valence-corrected chi connectivity index (χ3v) is 14.8. The quantitative estimate of drug-likeness (QED) is 0.180. The SMILES string of the molecule is CC1(C)CC[C@]2(C)CC[C@]3(C)C(=CC[C@@H]4[C@@]5(C)CC[C@H](OC(=O)CCCCCCCO)C(C)(C)[C@@H]5CC[C@]43C)[C@@H]2C1. The van der Waals surface area contributed by atoms with Gasteiger partial charge >= 0.3 is 5.97 Å². The molecular weight excluding hydrogens is 504 g/mol. The second-order valence-electron chi connectivity index (χ2n) is 17.9. The first-order chi connectivity index (χ1) is 19.1. The number of aliphatic hydroxyl groups is 1. The zero-order chi connectivity index (χ0) is 29.9. The van der Waals surface area contributed by atoms with Gasteiger partial charge in [0.05, 0.1) is 0 Å². The number of fused-ring (bicyclic) bond motifs is 7. The molecular formula is C38H64O3. The second-order valence-corrected chi connectivity index (χ2v) is 17.9. The molecule has 5 aliphatic carbocycles. The van der Waals surface area contributed by atoms with Gasteiger partial charge in [0.2, 0.25) is 0 Å². The summed E-state index contributed by atoms with van der Waals surface area (Å²) in [6, 6.07) is 0. The topological polar surface area (TPSA) is 46.5 Å². The molecule has 234 valence electrons. The lowest BCUT2D eigenvalue weighted by Crippen LogP contribution is -2.64. The number of allylic oxidation sites excluding steroid dienone is 2. The van der Waals surface area contributed by atoms with E-state index in [2.05, 4.69) is 61.5 Å². The number of carbonyl (C=O) groups is 1. The van der Waals surface area contributed by atoms with Crippen molar-refractivity contribution in [2.75, 3.05) is 6.61 Å². The fourth-order valence-electron chi connectivity index (χ4n) is 11.8. The summed E-state index contributed by atoms with van der Waals surface area (Å²) >= 11 is 0. The van der Waals surface area contributed by atoms with Gasteiger partial charge in [-0.05, 0) is 122 Å². The maximum atomic E-state index is 12.9. The Labute approximate surface area is 253 Å². The van der Waals surface area contributed by atoms with Crippen LogP contribution in [0.2, 0.25) is 0 Å². The molecule has 0 spiro atoms. The van der Waals surface area contributed by atoms with Crippen LogP contribution >= 0.6 is 0 Å². The lowest BCUT2D eigenvalue weighted by Gasteiger charge is -2.71. The highest BCUT2D eigenvalue weighted by molar-refractivity contribution is 5.69. The molecule has 4 fully saturated rings. The maximum Gasteiger partial charge on any atom is 0.306 e. The van der Waals surface area contributed by atoms with Crippen LogP contribution in [0.3, 0.4) is 0 Å². The van der Waals surface area contributed by atoms with E-state index in [9.17, 15) is 4.79 Å². The van der Waals surface area contributed by atoms with Gasteiger partial charge in [0.15, 0.2) is 0 Å². The van der Waals surface area contributed by atoms with Crippen molar-refractivity contribution in [1.29, 1.82) is 0 Å². The summed E-state index contributed by atoms with van der Waals surface area (Å²) < 4.78 is 6.29. The molecule has 3 heteroatoms. The number of hydrogen-bond acceptors (Lipinski definition) is 3. The molecule has 1 N–H and O–H groups in total. The predicted octanol–water partition coefficient (Wildman–Crippen LogP) is 10.1. The number of carbonyl (C=O) groups excluding carboxylic acids is 1. The number of ether oxygens (including phenoxy) is 1. The largest absolute Gasteiger partial charge is 0.462 e. The van der Waals surface area contributed by atoms with Crippen molar-refractivity contribution in [3.8, 4) is 0 Å². The van der Waals surface area contributed by atoms with Gasteiger partial charge in [0, 0.05) is 18.4 Å². The molecule has 0 aliphatic heterocycles. The van der Waals surface area contributed by atoms with E-state index in [1.807, 2.05) is 5.57 Å². The summed E-state index contributed by atoms with van der Waals surface area (Å²) in [7, 11) is 0. The molecule has 0 saturated heterocycles. The highest BCUT2D eigenvalue weighted by atomic mass is 16.5. The molecule has 0 bridgehead atoms. The first-order valence-corrected chi connectivity index (χ1v) is 17.6. The zero-order valence-corrected chi connectivity index (χ0v) is 28.2. The molecule has 5 rings (SSSR count). The number of aliphatic hydroxyl groups excluding tert-OH is 1. The van der Waals surface area contributed by atoms with Crippen molar-refractivity contribution in [3.63, 3.8) is 0 Å². The van der Waals surface area contributed by atoms with E-state index in [1.165, 1.54) is 57.8 Å². The molecule has 4 saturated carbocycles. The Morgan fingerprint density at radius 2 is 1.51 bits per heavy atom. The maximum absolute atomic E-state index is 12.9. The first-order valence-electron chi connectivity index (χ1n) is 17.6. The molecule has 0 aromatic carbocycles. The first kappa shape index (κ1) is 31.6. The average Bonchev–Trinajstić information content (AvgIpc) is 2.89. The molecule has 41 heavy (non-hydrogen) atoms. The summed E-state index contributed by atoms with van der Waals surface area (Å²) in [4.78, 5) is 12.9. The minimum Gasteiger partial charge on any atom is -0.462 e. The van der Waals surface area contributed by atoms with Crippen LogP contribution in [0.15, 0.2) is 11.6 Å².